The lowest BCUT2D eigenvalue weighted by atomic mass is 10.5. The third-order valence-corrected chi connectivity index (χ3v) is 5.74. The van der Waals surface area contributed by atoms with E-state index in [4.69, 9.17) is 13.3 Å². The van der Waals surface area contributed by atoms with Crippen LogP contribution in [0, 0.1) is 0 Å². The van der Waals surface area contributed by atoms with E-state index in [-0.39, 0.29) is 0 Å². The minimum atomic E-state index is -2.43. The summed E-state index contributed by atoms with van der Waals surface area (Å²) in [5, 5.41) is 0. The predicted octanol–water partition coefficient (Wildman–Crippen LogP) is 2.38. The van der Waals surface area contributed by atoms with E-state index >= 15 is 0 Å². The van der Waals surface area contributed by atoms with Crippen LogP contribution in [-0.4, -0.2) is 53.2 Å². The first kappa shape index (κ1) is 17.1. The van der Waals surface area contributed by atoms with Crippen LogP contribution in [0.25, 0.3) is 0 Å². The molecule has 0 amide bonds. The smallest absolute Gasteiger partial charge is 0.374 e. The zero-order chi connectivity index (χ0) is 13.1. The minimum Gasteiger partial charge on any atom is -0.374 e. The predicted molar refractivity (Wildman–Crippen MR) is 73.2 cm³/mol. The molecule has 0 aromatic heterocycles. The van der Waals surface area contributed by atoms with Crippen LogP contribution in [0.15, 0.2) is 0 Å². The van der Waals surface area contributed by atoms with Gasteiger partial charge in [0.15, 0.2) is 0 Å². The average molecular weight is 263 g/mol. The van der Waals surface area contributed by atoms with Crippen LogP contribution in [0.5, 0.6) is 0 Å². The van der Waals surface area contributed by atoms with Crippen LogP contribution in [0.2, 0.25) is 6.04 Å². The van der Waals surface area contributed by atoms with E-state index in [1.165, 1.54) is 0 Å². The molecule has 0 atom stereocenters. The normalized spacial score (nSPS) is 12.4. The van der Waals surface area contributed by atoms with Gasteiger partial charge in [-0.05, 0) is 33.9 Å². The summed E-state index contributed by atoms with van der Waals surface area (Å²) >= 11 is 0. The van der Waals surface area contributed by atoms with Gasteiger partial charge < -0.3 is 18.2 Å². The Morgan fingerprint density at radius 3 is 1.47 bits per heavy atom. The first-order valence-electron chi connectivity index (χ1n) is 6.82. The third kappa shape index (κ3) is 6.52. The van der Waals surface area contributed by atoms with Crippen molar-refractivity contribution >= 4 is 8.80 Å². The molecule has 0 radical (unpaired) electrons. The van der Waals surface area contributed by atoms with Gasteiger partial charge in [-0.2, -0.15) is 0 Å². The molecule has 0 heterocycles. The molecular formula is C12H29NO3Si. The fourth-order valence-electron chi connectivity index (χ4n) is 1.84. The maximum atomic E-state index is 5.82. The van der Waals surface area contributed by atoms with Gasteiger partial charge in [-0.25, -0.2) is 0 Å². The van der Waals surface area contributed by atoms with Crippen molar-refractivity contribution < 1.29 is 13.3 Å². The summed E-state index contributed by atoms with van der Waals surface area (Å²) < 4.78 is 17.5. The third-order valence-electron chi connectivity index (χ3n) is 2.72. The summed E-state index contributed by atoms with van der Waals surface area (Å²) in [5.74, 6) is 0. The first-order chi connectivity index (χ1) is 8.17. The molecule has 17 heavy (non-hydrogen) atoms. The number of hydrogen-bond acceptors (Lipinski definition) is 4. The van der Waals surface area contributed by atoms with Gasteiger partial charge in [0.2, 0.25) is 0 Å². The Balaban J connectivity index is 4.41. The van der Waals surface area contributed by atoms with Crippen molar-refractivity contribution in [1.29, 1.82) is 0 Å². The molecular weight excluding hydrogens is 234 g/mol. The van der Waals surface area contributed by atoms with Crippen molar-refractivity contribution in [2.24, 2.45) is 0 Å². The largest absolute Gasteiger partial charge is 0.502 e. The fourth-order valence-corrected chi connectivity index (χ4v) is 4.43. The van der Waals surface area contributed by atoms with Crippen LogP contribution in [0.3, 0.4) is 0 Å². The number of nitrogens with zero attached hydrogens (tertiary/aromatic N) is 1. The van der Waals surface area contributed by atoms with E-state index in [1.54, 1.807) is 0 Å². The second kappa shape index (κ2) is 10.0. The Morgan fingerprint density at radius 2 is 1.18 bits per heavy atom. The van der Waals surface area contributed by atoms with E-state index in [9.17, 15) is 0 Å². The van der Waals surface area contributed by atoms with Crippen LogP contribution in [0.4, 0.5) is 0 Å². The fraction of sp³-hybridized carbons (Fsp3) is 1.00. The molecule has 0 bridgehead atoms. The average Bonchev–Trinajstić information content (AvgIpc) is 2.31. The lowest BCUT2D eigenvalue weighted by Crippen LogP contribution is -2.48. The molecule has 104 valence electrons. The Bertz CT molecular complexity index is 160. The van der Waals surface area contributed by atoms with Crippen LogP contribution >= 0.6 is 0 Å². The van der Waals surface area contributed by atoms with Gasteiger partial charge in [0, 0.05) is 32.4 Å². The maximum absolute atomic E-state index is 5.82. The van der Waals surface area contributed by atoms with Gasteiger partial charge in [0.05, 0.1) is 0 Å². The van der Waals surface area contributed by atoms with Crippen molar-refractivity contribution in [1.82, 2.24) is 4.90 Å². The molecule has 0 fully saturated rings. The van der Waals surface area contributed by atoms with Gasteiger partial charge >= 0.3 is 8.80 Å². The van der Waals surface area contributed by atoms with Crippen molar-refractivity contribution in [3.8, 4) is 0 Å². The number of hydrogen-bond donors (Lipinski definition) is 0. The lowest BCUT2D eigenvalue weighted by Gasteiger charge is -2.30. The van der Waals surface area contributed by atoms with Gasteiger partial charge in [-0.1, -0.05) is 13.8 Å². The van der Waals surface area contributed by atoms with Crippen molar-refractivity contribution in [2.75, 3.05) is 39.5 Å². The standard InChI is InChI=1S/C12H29NO3Si/c1-6-13(7-2)11-12-17(14-8-3,15-9-4)16-10-5/h6-12H2,1-5H3. The molecule has 4 nitrogen and oxygen atoms in total. The summed E-state index contributed by atoms with van der Waals surface area (Å²) in [6.07, 6.45) is 0. The quantitative estimate of drug-likeness (QED) is 0.536. The highest BCUT2D eigenvalue weighted by atomic mass is 28.4. The van der Waals surface area contributed by atoms with E-state index in [1.807, 2.05) is 20.8 Å². The van der Waals surface area contributed by atoms with Crippen molar-refractivity contribution in [3.05, 3.63) is 0 Å². The van der Waals surface area contributed by atoms with Crippen molar-refractivity contribution in [3.63, 3.8) is 0 Å². The highest BCUT2D eigenvalue weighted by molar-refractivity contribution is 6.60. The van der Waals surface area contributed by atoms with Crippen molar-refractivity contribution in [2.45, 2.75) is 40.7 Å². The van der Waals surface area contributed by atoms with Gasteiger partial charge in [-0.15, -0.1) is 0 Å². The molecule has 0 aliphatic heterocycles. The summed E-state index contributed by atoms with van der Waals surface area (Å²) in [4.78, 5) is 2.37. The molecule has 0 unspecified atom stereocenters. The van der Waals surface area contributed by atoms with E-state index in [2.05, 4.69) is 18.7 Å². The Hall–Kier alpha value is 0.0569. The van der Waals surface area contributed by atoms with Crippen LogP contribution < -0.4 is 0 Å². The summed E-state index contributed by atoms with van der Waals surface area (Å²) in [6.45, 7) is 15.4. The Morgan fingerprint density at radius 1 is 0.765 bits per heavy atom. The summed E-state index contributed by atoms with van der Waals surface area (Å²) in [5.41, 5.74) is 0. The highest BCUT2D eigenvalue weighted by Crippen LogP contribution is 2.16. The topological polar surface area (TPSA) is 30.9 Å². The highest BCUT2D eigenvalue weighted by Gasteiger charge is 2.40. The molecule has 0 N–H and O–H groups in total. The lowest BCUT2D eigenvalue weighted by molar-refractivity contribution is 0.0684. The SMILES string of the molecule is CCO[Si](CCN(CC)CC)(OCC)OCC. The summed E-state index contributed by atoms with van der Waals surface area (Å²) in [7, 11) is -2.43. The minimum absolute atomic E-state index is 0.657. The molecule has 0 aromatic rings. The van der Waals surface area contributed by atoms with Gasteiger partial charge in [0.25, 0.3) is 0 Å². The molecule has 5 heteroatoms. The van der Waals surface area contributed by atoms with Gasteiger partial charge in [0.1, 0.15) is 0 Å². The van der Waals surface area contributed by atoms with E-state index in [0.717, 1.165) is 25.7 Å². The molecule has 0 aliphatic rings. The van der Waals surface area contributed by atoms with Crippen LogP contribution in [-0.2, 0) is 13.3 Å². The summed E-state index contributed by atoms with van der Waals surface area (Å²) in [6, 6.07) is 0.879. The molecule has 0 saturated carbocycles. The zero-order valence-corrected chi connectivity index (χ0v) is 13.1. The van der Waals surface area contributed by atoms with E-state index < -0.39 is 8.80 Å². The Kier molecular flexibility index (Phi) is 10.1. The second-order valence-corrected chi connectivity index (χ2v) is 6.49. The Labute approximate surface area is 108 Å². The maximum Gasteiger partial charge on any atom is 0.502 e. The van der Waals surface area contributed by atoms with Crippen LogP contribution in [0.1, 0.15) is 34.6 Å². The molecule has 0 aliphatic carbocycles. The molecule has 0 spiro atoms. The molecule has 0 rings (SSSR count). The number of rotatable bonds is 11. The van der Waals surface area contributed by atoms with E-state index in [0.29, 0.717) is 19.8 Å². The monoisotopic (exact) mass is 263 g/mol. The first-order valence-corrected chi connectivity index (χ1v) is 8.75. The molecule has 0 aromatic carbocycles. The van der Waals surface area contributed by atoms with Gasteiger partial charge in [-0.3, -0.25) is 0 Å². The zero-order valence-electron chi connectivity index (χ0n) is 12.1. The molecule has 0 saturated heterocycles. The second-order valence-electron chi connectivity index (χ2n) is 3.76.